The zero-order valence-electron chi connectivity index (χ0n) is 11.3. The van der Waals surface area contributed by atoms with Crippen LogP contribution < -0.4 is 4.90 Å². The molecule has 1 N–H and O–H groups in total. The highest BCUT2D eigenvalue weighted by Gasteiger charge is 2.30. The van der Waals surface area contributed by atoms with Gasteiger partial charge >= 0.3 is 5.97 Å². The van der Waals surface area contributed by atoms with E-state index in [1.54, 1.807) is 4.90 Å². The molecule has 0 atom stereocenters. The smallest absolute Gasteiger partial charge is 0.303 e. The van der Waals surface area contributed by atoms with Crippen molar-refractivity contribution in [2.24, 2.45) is 5.41 Å². The normalized spacial score (nSPS) is 14.3. The van der Waals surface area contributed by atoms with Gasteiger partial charge in [-0.1, -0.05) is 32.0 Å². The van der Waals surface area contributed by atoms with E-state index in [0.717, 1.165) is 12.1 Å². The Morgan fingerprint density at radius 1 is 1.26 bits per heavy atom. The summed E-state index contributed by atoms with van der Waals surface area (Å²) in [6.07, 6.45) is 1.14. The van der Waals surface area contributed by atoms with Crippen LogP contribution in [0.1, 0.15) is 32.3 Å². The van der Waals surface area contributed by atoms with E-state index in [-0.39, 0.29) is 18.7 Å². The predicted octanol–water partition coefficient (Wildman–Crippen LogP) is 2.47. The Hall–Kier alpha value is -1.84. The summed E-state index contributed by atoms with van der Waals surface area (Å²) >= 11 is 0. The molecule has 0 aromatic heterocycles. The third-order valence-corrected chi connectivity index (χ3v) is 3.45. The molecule has 1 aromatic carbocycles. The lowest BCUT2D eigenvalue weighted by Crippen LogP contribution is -2.33. The van der Waals surface area contributed by atoms with Crippen molar-refractivity contribution in [1.82, 2.24) is 0 Å². The zero-order valence-corrected chi connectivity index (χ0v) is 11.3. The van der Waals surface area contributed by atoms with Crippen LogP contribution in [0.15, 0.2) is 24.3 Å². The molecule has 0 spiro atoms. The van der Waals surface area contributed by atoms with Gasteiger partial charge in [-0.25, -0.2) is 0 Å². The molecular formula is C15H19NO3. The minimum Gasteiger partial charge on any atom is -0.481 e. The van der Waals surface area contributed by atoms with Crippen molar-refractivity contribution in [3.63, 3.8) is 0 Å². The Morgan fingerprint density at radius 2 is 1.95 bits per heavy atom. The quantitative estimate of drug-likeness (QED) is 0.905. The van der Waals surface area contributed by atoms with Crippen molar-refractivity contribution in [3.05, 3.63) is 29.8 Å². The lowest BCUT2D eigenvalue weighted by Gasteiger charge is -2.25. The maximum atomic E-state index is 12.3. The van der Waals surface area contributed by atoms with Crippen molar-refractivity contribution in [2.45, 2.75) is 33.1 Å². The van der Waals surface area contributed by atoms with E-state index in [9.17, 15) is 9.59 Å². The number of amides is 1. The van der Waals surface area contributed by atoms with E-state index >= 15 is 0 Å². The van der Waals surface area contributed by atoms with Crippen molar-refractivity contribution in [1.29, 1.82) is 0 Å². The maximum absolute atomic E-state index is 12.3. The Labute approximate surface area is 113 Å². The number of hydrogen-bond acceptors (Lipinski definition) is 2. The van der Waals surface area contributed by atoms with Crippen LogP contribution in [0.4, 0.5) is 5.69 Å². The average molecular weight is 261 g/mol. The van der Waals surface area contributed by atoms with Gasteiger partial charge in [-0.2, -0.15) is 0 Å². The second-order valence-electron chi connectivity index (χ2n) is 5.84. The van der Waals surface area contributed by atoms with Gasteiger partial charge in [0, 0.05) is 18.7 Å². The first-order chi connectivity index (χ1) is 8.89. The van der Waals surface area contributed by atoms with Crippen LogP contribution in [0.5, 0.6) is 0 Å². The SMILES string of the molecule is CC(C)(CC(=O)O)CC(=O)N1CCc2ccccc21. The third kappa shape index (κ3) is 3.13. The Bertz CT molecular complexity index is 508. The van der Waals surface area contributed by atoms with Crippen molar-refractivity contribution >= 4 is 17.6 Å². The number of para-hydroxylation sites is 1. The van der Waals surface area contributed by atoms with Gasteiger partial charge in [0.05, 0.1) is 6.42 Å². The van der Waals surface area contributed by atoms with Gasteiger partial charge in [0.1, 0.15) is 0 Å². The summed E-state index contributed by atoms with van der Waals surface area (Å²) in [5.41, 5.74) is 1.64. The monoisotopic (exact) mass is 261 g/mol. The molecule has 0 aliphatic carbocycles. The van der Waals surface area contributed by atoms with E-state index in [4.69, 9.17) is 5.11 Å². The van der Waals surface area contributed by atoms with Crippen molar-refractivity contribution < 1.29 is 14.7 Å². The van der Waals surface area contributed by atoms with Crippen LogP contribution in [0.3, 0.4) is 0 Å². The van der Waals surface area contributed by atoms with E-state index in [1.165, 1.54) is 5.56 Å². The van der Waals surface area contributed by atoms with Crippen LogP contribution in [0.2, 0.25) is 0 Å². The number of aliphatic carboxylic acids is 1. The minimum atomic E-state index is -0.861. The molecule has 19 heavy (non-hydrogen) atoms. The molecule has 0 saturated heterocycles. The summed E-state index contributed by atoms with van der Waals surface area (Å²) < 4.78 is 0. The first-order valence-electron chi connectivity index (χ1n) is 6.49. The largest absolute Gasteiger partial charge is 0.481 e. The average Bonchev–Trinajstić information content (AvgIpc) is 2.69. The molecule has 2 rings (SSSR count). The third-order valence-electron chi connectivity index (χ3n) is 3.45. The predicted molar refractivity (Wildman–Crippen MR) is 73.1 cm³/mol. The van der Waals surface area contributed by atoms with Crippen LogP contribution in [0.25, 0.3) is 0 Å². The highest BCUT2D eigenvalue weighted by Crippen LogP contribution is 2.32. The second kappa shape index (κ2) is 5.03. The molecular weight excluding hydrogens is 242 g/mol. The van der Waals surface area contributed by atoms with Gasteiger partial charge < -0.3 is 10.0 Å². The molecule has 0 radical (unpaired) electrons. The number of nitrogens with zero attached hydrogens (tertiary/aromatic N) is 1. The van der Waals surface area contributed by atoms with Crippen LogP contribution in [-0.4, -0.2) is 23.5 Å². The highest BCUT2D eigenvalue weighted by molar-refractivity contribution is 5.96. The van der Waals surface area contributed by atoms with E-state index in [1.807, 2.05) is 38.1 Å². The standard InChI is InChI=1S/C15H19NO3/c1-15(2,10-14(18)19)9-13(17)16-8-7-11-5-3-4-6-12(11)16/h3-6H,7-10H2,1-2H3,(H,18,19). The molecule has 1 amide bonds. The maximum Gasteiger partial charge on any atom is 0.303 e. The van der Waals surface area contributed by atoms with E-state index in [2.05, 4.69) is 0 Å². The molecule has 1 aromatic rings. The number of carbonyl (C=O) groups excluding carboxylic acids is 1. The van der Waals surface area contributed by atoms with Crippen LogP contribution in [-0.2, 0) is 16.0 Å². The number of fused-ring (bicyclic) bond motifs is 1. The first kappa shape index (κ1) is 13.6. The molecule has 1 aliphatic heterocycles. The fourth-order valence-corrected chi connectivity index (χ4v) is 2.57. The molecule has 1 aliphatic rings. The summed E-state index contributed by atoms with van der Waals surface area (Å²) in [6.45, 7) is 4.34. The van der Waals surface area contributed by atoms with Crippen molar-refractivity contribution in [3.8, 4) is 0 Å². The number of carbonyl (C=O) groups is 2. The molecule has 4 nitrogen and oxygen atoms in total. The Morgan fingerprint density at radius 3 is 2.63 bits per heavy atom. The summed E-state index contributed by atoms with van der Waals surface area (Å²) in [4.78, 5) is 24.9. The molecule has 0 bridgehead atoms. The number of anilines is 1. The van der Waals surface area contributed by atoms with Gasteiger partial charge in [0.2, 0.25) is 5.91 Å². The molecule has 102 valence electrons. The summed E-state index contributed by atoms with van der Waals surface area (Å²) in [7, 11) is 0. The van der Waals surface area contributed by atoms with E-state index < -0.39 is 11.4 Å². The fourth-order valence-electron chi connectivity index (χ4n) is 2.57. The first-order valence-corrected chi connectivity index (χ1v) is 6.49. The van der Waals surface area contributed by atoms with Gasteiger partial charge in [0.15, 0.2) is 0 Å². The number of carboxylic acids is 1. The summed E-state index contributed by atoms with van der Waals surface area (Å²) in [6, 6.07) is 7.88. The molecule has 0 fully saturated rings. The molecule has 0 unspecified atom stereocenters. The van der Waals surface area contributed by atoms with Gasteiger partial charge in [-0.05, 0) is 23.5 Å². The fraction of sp³-hybridized carbons (Fsp3) is 0.467. The van der Waals surface area contributed by atoms with Gasteiger partial charge in [0.25, 0.3) is 0 Å². The lowest BCUT2D eigenvalue weighted by atomic mass is 9.85. The van der Waals surface area contributed by atoms with Crippen molar-refractivity contribution in [2.75, 3.05) is 11.4 Å². The highest BCUT2D eigenvalue weighted by atomic mass is 16.4. The molecule has 0 saturated carbocycles. The topological polar surface area (TPSA) is 57.6 Å². The number of hydrogen-bond donors (Lipinski definition) is 1. The van der Waals surface area contributed by atoms with E-state index in [0.29, 0.717) is 6.54 Å². The molecule has 4 heteroatoms. The number of benzene rings is 1. The minimum absolute atomic E-state index is 0.00816. The van der Waals surface area contributed by atoms with Crippen LogP contribution >= 0.6 is 0 Å². The van der Waals surface area contributed by atoms with Gasteiger partial charge in [-0.3, -0.25) is 9.59 Å². The molecule has 1 heterocycles. The number of rotatable bonds is 4. The Balaban J connectivity index is 2.08. The lowest BCUT2D eigenvalue weighted by molar-refractivity contribution is -0.139. The number of carboxylic acid groups (broad SMARTS) is 1. The Kier molecular flexibility index (Phi) is 3.60. The summed E-state index contributed by atoms with van der Waals surface area (Å²) in [5, 5.41) is 8.86. The van der Waals surface area contributed by atoms with Gasteiger partial charge in [-0.15, -0.1) is 0 Å². The second-order valence-corrected chi connectivity index (χ2v) is 5.84. The summed E-state index contributed by atoms with van der Waals surface area (Å²) in [5.74, 6) is -0.851. The van der Waals surface area contributed by atoms with Crippen LogP contribution in [0, 0.1) is 5.41 Å². The zero-order chi connectivity index (χ0) is 14.0.